The van der Waals surface area contributed by atoms with Gasteiger partial charge < -0.3 is 9.47 Å². The maximum absolute atomic E-state index is 6.29. The zero-order valence-corrected chi connectivity index (χ0v) is 37.1. The monoisotopic (exact) mass is 826 g/mol. The van der Waals surface area contributed by atoms with Crippen LogP contribution in [-0.4, -0.2) is 13.2 Å². The molecule has 0 aliphatic carbocycles. The Labute approximate surface area is 330 Å². The van der Waals surface area contributed by atoms with Crippen LogP contribution in [0.3, 0.4) is 0 Å². The second-order valence-electron chi connectivity index (χ2n) is 15.9. The van der Waals surface area contributed by atoms with E-state index in [0.717, 1.165) is 60.1 Å². The smallest absolute Gasteiger partial charge is 0.123 e. The van der Waals surface area contributed by atoms with Crippen molar-refractivity contribution in [2.24, 2.45) is 11.8 Å². The molecule has 0 N–H and O–H groups in total. The average Bonchev–Trinajstić information content (AvgIpc) is 3.12. The Hall–Kier alpha value is -0.220. The Bertz CT molecular complexity index is 789. The van der Waals surface area contributed by atoms with Gasteiger partial charge in [-0.25, -0.2) is 0 Å². The van der Waals surface area contributed by atoms with Crippen LogP contribution in [0, 0.1) is 11.8 Å². The van der Waals surface area contributed by atoms with Crippen molar-refractivity contribution in [2.45, 2.75) is 231 Å². The van der Waals surface area contributed by atoms with Gasteiger partial charge in [0, 0.05) is 21.8 Å². The summed E-state index contributed by atoms with van der Waals surface area (Å²) in [5.74, 6) is 3.89. The molecule has 2 unspecified atom stereocenters. The summed E-state index contributed by atoms with van der Waals surface area (Å²) in [5.41, 5.74) is 2.38. The molecular formula is C46H84Br2O2. The van der Waals surface area contributed by atoms with Crippen molar-refractivity contribution < 1.29 is 9.47 Å². The predicted molar refractivity (Wildman–Crippen MR) is 231 cm³/mol. The minimum absolute atomic E-state index is 0.789. The number of hydrogen-bond acceptors (Lipinski definition) is 2. The van der Waals surface area contributed by atoms with Crippen LogP contribution in [0.5, 0.6) is 11.5 Å². The van der Waals surface area contributed by atoms with E-state index in [4.69, 9.17) is 9.47 Å². The van der Waals surface area contributed by atoms with Crippen LogP contribution in [-0.2, 0) is 10.7 Å². The number of ether oxygens (including phenoxy) is 2. The molecule has 1 aromatic carbocycles. The lowest BCUT2D eigenvalue weighted by molar-refractivity contribution is 0.293. The third kappa shape index (κ3) is 27.4. The summed E-state index contributed by atoms with van der Waals surface area (Å²) in [7, 11) is 0. The van der Waals surface area contributed by atoms with Crippen molar-refractivity contribution in [1.29, 1.82) is 0 Å². The lowest BCUT2D eigenvalue weighted by Gasteiger charge is -2.16. The molecule has 4 heteroatoms. The van der Waals surface area contributed by atoms with Crippen molar-refractivity contribution in [3.8, 4) is 11.5 Å². The van der Waals surface area contributed by atoms with Crippen LogP contribution < -0.4 is 9.47 Å². The Morgan fingerprint density at radius 2 is 0.660 bits per heavy atom. The van der Waals surface area contributed by atoms with Gasteiger partial charge in [-0.2, -0.15) is 0 Å². The molecule has 0 radical (unpaired) electrons. The van der Waals surface area contributed by atoms with Gasteiger partial charge >= 0.3 is 0 Å². The van der Waals surface area contributed by atoms with Gasteiger partial charge in [-0.15, -0.1) is 0 Å². The Morgan fingerprint density at radius 3 is 0.940 bits per heavy atom. The standard InChI is InChI=1S/C46H84Br2O2/c1-5-7-25-31-41(3)33-27-21-17-13-9-11-15-19-23-29-35-49-45-37-44(40-48)46(38-43(45)39-47)50-36-30-24-20-16-12-10-14-18-22-28-34-42(4)32-26-8-6-2/h37-38,41-42H,5-36,39-40H2,1-4H3. The molecule has 0 aliphatic heterocycles. The van der Waals surface area contributed by atoms with E-state index in [1.165, 1.54) is 191 Å². The van der Waals surface area contributed by atoms with E-state index < -0.39 is 0 Å². The fraction of sp³-hybridized carbons (Fsp3) is 0.870. The van der Waals surface area contributed by atoms with Crippen LogP contribution in [0.2, 0.25) is 0 Å². The third-order valence-corrected chi connectivity index (χ3v) is 12.0. The van der Waals surface area contributed by atoms with E-state index >= 15 is 0 Å². The molecule has 50 heavy (non-hydrogen) atoms. The number of benzene rings is 1. The van der Waals surface area contributed by atoms with E-state index in [-0.39, 0.29) is 0 Å². The highest BCUT2D eigenvalue weighted by Crippen LogP contribution is 2.32. The van der Waals surface area contributed by atoms with Crippen molar-refractivity contribution in [3.05, 3.63) is 23.3 Å². The molecule has 0 saturated carbocycles. The highest BCUT2D eigenvalue weighted by molar-refractivity contribution is 9.08. The number of halogens is 2. The summed E-state index contributed by atoms with van der Waals surface area (Å²) in [6.07, 6.45) is 41.5. The van der Waals surface area contributed by atoms with Gasteiger partial charge in [0.15, 0.2) is 0 Å². The molecule has 1 rings (SSSR count). The van der Waals surface area contributed by atoms with Gasteiger partial charge in [-0.1, -0.05) is 239 Å². The van der Waals surface area contributed by atoms with Crippen LogP contribution in [0.15, 0.2) is 12.1 Å². The van der Waals surface area contributed by atoms with Crippen molar-refractivity contribution in [3.63, 3.8) is 0 Å². The molecule has 2 atom stereocenters. The first kappa shape index (κ1) is 47.8. The average molecular weight is 829 g/mol. The highest BCUT2D eigenvalue weighted by Gasteiger charge is 2.12. The third-order valence-electron chi connectivity index (χ3n) is 10.8. The summed E-state index contributed by atoms with van der Waals surface area (Å²) in [6.45, 7) is 11.1. The second kappa shape index (κ2) is 35.8. The first-order valence-electron chi connectivity index (χ1n) is 22.1. The van der Waals surface area contributed by atoms with Crippen molar-refractivity contribution >= 4 is 31.9 Å². The second-order valence-corrected chi connectivity index (χ2v) is 17.0. The molecule has 0 saturated heterocycles. The van der Waals surface area contributed by atoms with Crippen LogP contribution in [0.4, 0.5) is 0 Å². The van der Waals surface area contributed by atoms with Gasteiger partial charge in [-0.05, 0) is 36.8 Å². The molecule has 294 valence electrons. The SMILES string of the molecule is CCCCCC(C)CCCCCCCCCCCCOc1cc(CBr)c(OCCCCCCCCCCCCC(C)CCCCC)cc1CBr. The number of alkyl halides is 2. The molecule has 0 spiro atoms. The summed E-state index contributed by atoms with van der Waals surface area (Å²) in [6, 6.07) is 4.39. The molecule has 2 nitrogen and oxygen atoms in total. The van der Waals surface area contributed by atoms with Crippen LogP contribution >= 0.6 is 31.9 Å². The van der Waals surface area contributed by atoms with E-state index in [1.54, 1.807) is 0 Å². The number of hydrogen-bond donors (Lipinski definition) is 0. The van der Waals surface area contributed by atoms with Crippen LogP contribution in [0.1, 0.15) is 231 Å². The number of rotatable bonds is 38. The summed E-state index contributed by atoms with van der Waals surface area (Å²) < 4.78 is 12.6. The molecule has 0 heterocycles. The topological polar surface area (TPSA) is 18.5 Å². The fourth-order valence-corrected chi connectivity index (χ4v) is 8.15. The van der Waals surface area contributed by atoms with Gasteiger partial charge in [0.25, 0.3) is 0 Å². The van der Waals surface area contributed by atoms with Crippen LogP contribution in [0.25, 0.3) is 0 Å². The highest BCUT2D eigenvalue weighted by atomic mass is 79.9. The molecular weight excluding hydrogens is 744 g/mol. The minimum atomic E-state index is 0.789. The number of unbranched alkanes of at least 4 members (excludes halogenated alkanes) is 22. The lowest BCUT2D eigenvalue weighted by Crippen LogP contribution is -2.04. The maximum atomic E-state index is 6.29. The van der Waals surface area contributed by atoms with Gasteiger partial charge in [0.2, 0.25) is 0 Å². The summed E-state index contributed by atoms with van der Waals surface area (Å²) in [4.78, 5) is 0. The van der Waals surface area contributed by atoms with E-state index in [1.807, 2.05) is 0 Å². The molecule has 0 aliphatic rings. The first-order chi connectivity index (χ1) is 24.5. The van der Waals surface area contributed by atoms with E-state index in [9.17, 15) is 0 Å². The zero-order valence-electron chi connectivity index (χ0n) is 33.9. The largest absolute Gasteiger partial charge is 0.493 e. The molecule has 0 aromatic heterocycles. The predicted octanol–water partition coefficient (Wildman–Crippen LogP) is 17.2. The first-order valence-corrected chi connectivity index (χ1v) is 24.3. The molecule has 0 fully saturated rings. The molecule has 0 amide bonds. The van der Waals surface area contributed by atoms with Gasteiger partial charge in [0.1, 0.15) is 11.5 Å². The van der Waals surface area contributed by atoms with Crippen molar-refractivity contribution in [1.82, 2.24) is 0 Å². The summed E-state index contributed by atoms with van der Waals surface area (Å²) >= 11 is 7.39. The fourth-order valence-electron chi connectivity index (χ4n) is 7.28. The minimum Gasteiger partial charge on any atom is -0.493 e. The maximum Gasteiger partial charge on any atom is 0.123 e. The van der Waals surface area contributed by atoms with E-state index in [0.29, 0.717) is 0 Å². The lowest BCUT2D eigenvalue weighted by atomic mass is 9.96. The molecule has 1 aromatic rings. The summed E-state index contributed by atoms with van der Waals surface area (Å²) in [5, 5.41) is 1.58. The van der Waals surface area contributed by atoms with Gasteiger partial charge in [0.05, 0.1) is 13.2 Å². The Kier molecular flexibility index (Phi) is 34.2. The Morgan fingerprint density at radius 1 is 0.400 bits per heavy atom. The molecule has 0 bridgehead atoms. The normalized spacial score (nSPS) is 12.8. The zero-order chi connectivity index (χ0) is 36.3. The van der Waals surface area contributed by atoms with E-state index in [2.05, 4.69) is 71.7 Å². The van der Waals surface area contributed by atoms with Crippen molar-refractivity contribution in [2.75, 3.05) is 13.2 Å². The Balaban J connectivity index is 2.07. The quantitative estimate of drug-likeness (QED) is 0.0488. The van der Waals surface area contributed by atoms with Gasteiger partial charge in [-0.3, -0.25) is 0 Å².